The van der Waals surface area contributed by atoms with E-state index in [-0.39, 0.29) is 37.1 Å². The zero-order chi connectivity index (χ0) is 8.24. The molecular formula is C8H22P2V2. The molecule has 0 spiro atoms. The van der Waals surface area contributed by atoms with Crippen molar-refractivity contribution in [3.05, 3.63) is 0 Å². The summed E-state index contributed by atoms with van der Waals surface area (Å²) in [6.07, 6.45) is 5.49. The second kappa shape index (κ2) is 29.2. The van der Waals surface area contributed by atoms with Gasteiger partial charge < -0.3 is 0 Å². The molecule has 0 heterocycles. The number of rotatable bonds is 4. The van der Waals surface area contributed by atoms with Crippen molar-refractivity contribution in [2.45, 2.75) is 27.7 Å². The Bertz CT molecular complexity index is 36.0. The minimum absolute atomic E-state index is 0. The normalized spacial score (nSPS) is 7.00. The predicted octanol–water partition coefficient (Wildman–Crippen LogP) is 3.40. The Morgan fingerprint density at radius 3 is 0.750 bits per heavy atom. The van der Waals surface area contributed by atoms with E-state index < -0.39 is 0 Å². The number of hydrogen-bond acceptors (Lipinski definition) is 0. The van der Waals surface area contributed by atoms with Gasteiger partial charge in [0.1, 0.15) is 0 Å². The van der Waals surface area contributed by atoms with E-state index in [9.17, 15) is 0 Å². The minimum Gasteiger partial charge on any atom is -0.123 e. The molecule has 12 heavy (non-hydrogen) atoms. The van der Waals surface area contributed by atoms with Crippen LogP contribution in [-0.2, 0) is 37.1 Å². The summed E-state index contributed by atoms with van der Waals surface area (Å²) in [5, 5.41) is 0. The van der Waals surface area contributed by atoms with Crippen molar-refractivity contribution in [3.8, 4) is 0 Å². The van der Waals surface area contributed by atoms with Gasteiger partial charge in [-0.2, -0.15) is 0 Å². The molecule has 0 aromatic heterocycles. The fourth-order valence-electron chi connectivity index (χ4n) is 0.500. The molecule has 4 heteroatoms. The zero-order valence-electron chi connectivity index (χ0n) is 8.72. The van der Waals surface area contributed by atoms with Crippen LogP contribution in [0.1, 0.15) is 27.7 Å². The van der Waals surface area contributed by atoms with Crippen LogP contribution in [0.4, 0.5) is 0 Å². The topological polar surface area (TPSA) is 0 Å². The summed E-state index contributed by atoms with van der Waals surface area (Å²) in [5.41, 5.74) is 0. The second-order valence-corrected chi connectivity index (χ2v) is 5.74. The van der Waals surface area contributed by atoms with Crippen LogP contribution >= 0.6 is 17.2 Å². The Hall–Kier alpha value is 2.03. The van der Waals surface area contributed by atoms with Crippen LogP contribution in [0.3, 0.4) is 0 Å². The van der Waals surface area contributed by atoms with Crippen LogP contribution in [-0.4, -0.2) is 24.6 Å². The Labute approximate surface area is 106 Å². The molecule has 0 rings (SSSR count). The van der Waals surface area contributed by atoms with Crippen molar-refractivity contribution in [3.63, 3.8) is 0 Å². The summed E-state index contributed by atoms with van der Waals surface area (Å²) in [4.78, 5) is 0. The number of hydrogen-bond donors (Lipinski definition) is 0. The fourth-order valence-corrected chi connectivity index (χ4v) is 1.50. The average Bonchev–Trinajstić information content (AvgIpc) is 1.93. The van der Waals surface area contributed by atoms with Crippen molar-refractivity contribution < 1.29 is 37.1 Å². The summed E-state index contributed by atoms with van der Waals surface area (Å²) < 4.78 is 0. The van der Waals surface area contributed by atoms with E-state index in [0.717, 1.165) is 0 Å². The summed E-state index contributed by atoms with van der Waals surface area (Å²) in [6.45, 7) is 8.90. The quantitative estimate of drug-likeness (QED) is 0.693. The molecule has 0 saturated heterocycles. The average molecular weight is 282 g/mol. The summed E-state index contributed by atoms with van der Waals surface area (Å²) >= 11 is 0. The van der Waals surface area contributed by atoms with E-state index in [2.05, 4.69) is 27.7 Å². The standard InChI is InChI=1S/2C4H11P.2V/c2*1-3-5-4-2;;/h2*5H,3-4H2,1-2H3;;. The summed E-state index contributed by atoms with van der Waals surface area (Å²) in [6, 6.07) is 0. The maximum atomic E-state index is 2.22. The second-order valence-electron chi connectivity index (χ2n) is 1.91. The van der Waals surface area contributed by atoms with Crippen LogP contribution in [0.15, 0.2) is 0 Å². The van der Waals surface area contributed by atoms with E-state index in [1.54, 1.807) is 0 Å². The van der Waals surface area contributed by atoms with Gasteiger partial charge in [0.15, 0.2) is 0 Å². The van der Waals surface area contributed by atoms with E-state index in [1.807, 2.05) is 0 Å². The van der Waals surface area contributed by atoms with Gasteiger partial charge in [0, 0.05) is 37.1 Å². The van der Waals surface area contributed by atoms with Gasteiger partial charge in [0.05, 0.1) is 0 Å². The predicted molar refractivity (Wildman–Crippen MR) is 58.8 cm³/mol. The van der Waals surface area contributed by atoms with Gasteiger partial charge in [0.2, 0.25) is 0 Å². The van der Waals surface area contributed by atoms with Crippen LogP contribution in [0.5, 0.6) is 0 Å². The molecule has 0 bridgehead atoms. The van der Waals surface area contributed by atoms with Crippen LogP contribution < -0.4 is 0 Å². The Kier molecular flexibility index (Phi) is 57.7. The van der Waals surface area contributed by atoms with Gasteiger partial charge in [-0.15, -0.1) is 17.2 Å². The van der Waals surface area contributed by atoms with Crippen LogP contribution in [0.25, 0.3) is 0 Å². The van der Waals surface area contributed by atoms with Crippen molar-refractivity contribution in [1.82, 2.24) is 0 Å². The third-order valence-electron chi connectivity index (χ3n) is 1.000. The zero-order valence-corrected chi connectivity index (χ0v) is 13.5. The maximum Gasteiger partial charge on any atom is 0 e. The summed E-state index contributed by atoms with van der Waals surface area (Å²) in [5.74, 6) is 0. The maximum absolute atomic E-state index is 2.22. The monoisotopic (exact) mass is 282 g/mol. The summed E-state index contributed by atoms with van der Waals surface area (Å²) in [7, 11) is 2.40. The molecule has 0 aromatic carbocycles. The SMILES string of the molecule is CCPCC.CCPCC.[V].[V]. The Balaban J connectivity index is -0.0000000457. The third kappa shape index (κ3) is 40.3. The molecule has 0 atom stereocenters. The first kappa shape index (κ1) is 23.7. The molecule has 0 unspecified atom stereocenters. The minimum atomic E-state index is 0. The van der Waals surface area contributed by atoms with Gasteiger partial charge in [-0.1, -0.05) is 27.7 Å². The Morgan fingerprint density at radius 1 is 0.583 bits per heavy atom. The molecule has 0 nitrogen and oxygen atoms in total. The van der Waals surface area contributed by atoms with Gasteiger partial charge in [0.25, 0.3) is 0 Å². The molecule has 0 amide bonds. The Morgan fingerprint density at radius 2 is 0.750 bits per heavy atom. The molecular weight excluding hydrogens is 260 g/mol. The van der Waals surface area contributed by atoms with E-state index in [0.29, 0.717) is 0 Å². The molecule has 0 aliphatic rings. The van der Waals surface area contributed by atoms with E-state index in [4.69, 9.17) is 0 Å². The third-order valence-corrected chi connectivity index (χ3v) is 3.00. The molecule has 0 aliphatic carbocycles. The van der Waals surface area contributed by atoms with E-state index >= 15 is 0 Å². The first-order valence-corrected chi connectivity index (χ1v) is 7.07. The molecule has 0 N–H and O–H groups in total. The smallest absolute Gasteiger partial charge is 0 e. The first-order valence-electron chi connectivity index (χ1n) is 4.24. The largest absolute Gasteiger partial charge is 0.123 e. The molecule has 0 aromatic rings. The van der Waals surface area contributed by atoms with Gasteiger partial charge in [-0.05, 0) is 24.6 Å². The molecule has 0 fully saturated rings. The van der Waals surface area contributed by atoms with Gasteiger partial charge >= 0.3 is 0 Å². The molecule has 2 radical (unpaired) electrons. The van der Waals surface area contributed by atoms with Crippen LogP contribution in [0.2, 0.25) is 0 Å². The van der Waals surface area contributed by atoms with E-state index in [1.165, 1.54) is 41.8 Å². The molecule has 0 aliphatic heterocycles. The molecule has 74 valence electrons. The van der Waals surface area contributed by atoms with Gasteiger partial charge in [-0.3, -0.25) is 0 Å². The van der Waals surface area contributed by atoms with Gasteiger partial charge in [-0.25, -0.2) is 0 Å². The van der Waals surface area contributed by atoms with Crippen molar-refractivity contribution in [2.24, 2.45) is 0 Å². The van der Waals surface area contributed by atoms with Crippen molar-refractivity contribution in [1.29, 1.82) is 0 Å². The first-order chi connectivity index (χ1) is 4.83. The van der Waals surface area contributed by atoms with Crippen molar-refractivity contribution in [2.75, 3.05) is 24.6 Å². The fraction of sp³-hybridized carbons (Fsp3) is 1.00. The van der Waals surface area contributed by atoms with Crippen molar-refractivity contribution >= 4 is 17.2 Å². The molecule has 0 saturated carbocycles. The van der Waals surface area contributed by atoms with Crippen LogP contribution in [0, 0.1) is 0 Å².